The molecule has 3 heteroatoms. The summed E-state index contributed by atoms with van der Waals surface area (Å²) in [5.74, 6) is 0. The van der Waals surface area contributed by atoms with Crippen molar-refractivity contribution in [3.05, 3.63) is 40.5 Å². The molecule has 2 nitrogen and oxygen atoms in total. The van der Waals surface area contributed by atoms with Gasteiger partial charge in [0.05, 0.1) is 10.5 Å². The van der Waals surface area contributed by atoms with Crippen LogP contribution in [0.4, 0.5) is 0 Å². The lowest BCUT2D eigenvalue weighted by Crippen LogP contribution is -2.11. The number of nitrogens with zero attached hydrogens (tertiary/aromatic N) is 1. The van der Waals surface area contributed by atoms with Gasteiger partial charge in [0.15, 0.2) is 0 Å². The molecule has 0 aliphatic heterocycles. The first-order valence-corrected chi connectivity index (χ1v) is 5.79. The van der Waals surface area contributed by atoms with Gasteiger partial charge in [-0.15, -0.1) is 0 Å². The molecule has 84 valence electrons. The molecule has 0 saturated carbocycles. The van der Waals surface area contributed by atoms with Gasteiger partial charge < -0.3 is 5.32 Å². The number of aryl methyl sites for hydroxylation is 1. The third-order valence-corrected chi connectivity index (χ3v) is 2.99. The molecule has 1 N–H and O–H groups in total. The maximum atomic E-state index is 6.16. The molecule has 0 bridgehead atoms. The zero-order chi connectivity index (χ0) is 11.5. The molecule has 0 aliphatic carbocycles. The van der Waals surface area contributed by atoms with Gasteiger partial charge in [-0.25, -0.2) is 0 Å². The number of para-hydroxylation sites is 1. The molecule has 0 aliphatic rings. The summed E-state index contributed by atoms with van der Waals surface area (Å²) in [7, 11) is 1.95. The molecule has 1 aromatic heterocycles. The maximum Gasteiger partial charge on any atom is 0.0894 e. The number of halogens is 1. The van der Waals surface area contributed by atoms with E-state index in [4.69, 9.17) is 11.6 Å². The van der Waals surface area contributed by atoms with Crippen LogP contribution in [-0.2, 0) is 6.42 Å². The summed E-state index contributed by atoms with van der Waals surface area (Å²) in [6.07, 6.45) is 0.929. The summed E-state index contributed by atoms with van der Waals surface area (Å²) in [4.78, 5) is 4.60. The molecule has 2 aromatic rings. The second-order valence-electron chi connectivity index (χ2n) is 3.92. The van der Waals surface area contributed by atoms with Gasteiger partial charge in [-0.1, -0.05) is 23.7 Å². The van der Waals surface area contributed by atoms with Crippen LogP contribution in [0.15, 0.2) is 24.3 Å². The molecular weight excluding hydrogens is 220 g/mol. The third kappa shape index (κ3) is 2.18. The molecule has 0 amide bonds. The summed E-state index contributed by atoms with van der Waals surface area (Å²) in [6, 6.07) is 8.05. The van der Waals surface area contributed by atoms with Crippen LogP contribution in [-0.4, -0.2) is 18.6 Å². The Labute approximate surface area is 101 Å². The van der Waals surface area contributed by atoms with Crippen molar-refractivity contribution in [3.8, 4) is 0 Å². The van der Waals surface area contributed by atoms with Gasteiger partial charge in [-0.3, -0.25) is 4.98 Å². The number of rotatable bonds is 3. The highest BCUT2D eigenvalue weighted by Crippen LogP contribution is 2.24. The number of likely N-dealkylation sites (N-methyl/N-ethyl adjacent to an activating group) is 1. The fourth-order valence-corrected chi connectivity index (χ4v) is 2.05. The zero-order valence-electron chi connectivity index (χ0n) is 9.55. The summed E-state index contributed by atoms with van der Waals surface area (Å²) >= 11 is 6.16. The minimum atomic E-state index is 0.729. The number of aromatic nitrogens is 1. The predicted molar refractivity (Wildman–Crippen MR) is 69.1 cm³/mol. The van der Waals surface area contributed by atoms with Crippen LogP contribution in [0.2, 0.25) is 5.02 Å². The second kappa shape index (κ2) is 4.81. The molecule has 0 saturated heterocycles. The smallest absolute Gasteiger partial charge is 0.0894 e. The number of fused-ring (bicyclic) bond motifs is 1. The van der Waals surface area contributed by atoms with Crippen molar-refractivity contribution in [2.75, 3.05) is 13.6 Å². The van der Waals surface area contributed by atoms with Gasteiger partial charge >= 0.3 is 0 Å². The quantitative estimate of drug-likeness (QED) is 0.883. The van der Waals surface area contributed by atoms with Gasteiger partial charge in [-0.05, 0) is 31.7 Å². The summed E-state index contributed by atoms with van der Waals surface area (Å²) < 4.78 is 0. The fourth-order valence-electron chi connectivity index (χ4n) is 1.83. The summed E-state index contributed by atoms with van der Waals surface area (Å²) in [5, 5.41) is 4.99. The zero-order valence-corrected chi connectivity index (χ0v) is 10.3. The van der Waals surface area contributed by atoms with E-state index in [0.29, 0.717) is 0 Å². The van der Waals surface area contributed by atoms with Crippen molar-refractivity contribution in [1.82, 2.24) is 10.3 Å². The number of nitrogens with one attached hydrogen (secondary N) is 1. The monoisotopic (exact) mass is 234 g/mol. The summed E-state index contributed by atoms with van der Waals surface area (Å²) in [6.45, 7) is 3.03. The van der Waals surface area contributed by atoms with E-state index in [1.165, 1.54) is 5.56 Å². The van der Waals surface area contributed by atoms with E-state index in [-0.39, 0.29) is 0 Å². The first-order chi connectivity index (χ1) is 7.72. The third-order valence-electron chi connectivity index (χ3n) is 2.68. The van der Waals surface area contributed by atoms with Crippen molar-refractivity contribution in [2.24, 2.45) is 0 Å². The van der Waals surface area contributed by atoms with Gasteiger partial charge in [0.2, 0.25) is 0 Å². The van der Waals surface area contributed by atoms with Gasteiger partial charge in [0.1, 0.15) is 0 Å². The highest BCUT2D eigenvalue weighted by molar-refractivity contribution is 6.35. The van der Waals surface area contributed by atoms with Crippen LogP contribution in [0.3, 0.4) is 0 Å². The van der Waals surface area contributed by atoms with Crippen molar-refractivity contribution < 1.29 is 0 Å². The van der Waals surface area contributed by atoms with Crippen LogP contribution in [0.5, 0.6) is 0 Å². The molecule has 2 rings (SSSR count). The molecule has 0 fully saturated rings. The SMILES string of the molecule is CNCCc1cc(C)c2cccc(Cl)c2n1. The molecule has 0 spiro atoms. The molecule has 0 radical (unpaired) electrons. The maximum absolute atomic E-state index is 6.16. The van der Waals surface area contributed by atoms with Gasteiger partial charge in [0, 0.05) is 24.0 Å². The van der Waals surface area contributed by atoms with Crippen LogP contribution < -0.4 is 5.32 Å². The Kier molecular flexibility index (Phi) is 3.42. The Bertz CT molecular complexity index is 509. The Balaban J connectivity index is 2.52. The molecule has 1 heterocycles. The van der Waals surface area contributed by atoms with E-state index < -0.39 is 0 Å². The highest BCUT2D eigenvalue weighted by Gasteiger charge is 2.05. The number of pyridine rings is 1. The Hall–Kier alpha value is -1.12. The molecule has 16 heavy (non-hydrogen) atoms. The minimum Gasteiger partial charge on any atom is -0.319 e. The normalized spacial score (nSPS) is 10.9. The second-order valence-corrected chi connectivity index (χ2v) is 4.33. The van der Waals surface area contributed by atoms with E-state index in [2.05, 4.69) is 29.4 Å². The van der Waals surface area contributed by atoms with Crippen LogP contribution in [0, 0.1) is 6.92 Å². The van der Waals surface area contributed by atoms with Crippen molar-refractivity contribution >= 4 is 22.5 Å². The van der Waals surface area contributed by atoms with E-state index in [9.17, 15) is 0 Å². The van der Waals surface area contributed by atoms with Crippen LogP contribution in [0.1, 0.15) is 11.3 Å². The highest BCUT2D eigenvalue weighted by atomic mass is 35.5. The van der Waals surface area contributed by atoms with Gasteiger partial charge in [0.25, 0.3) is 0 Å². The molecular formula is C13H15ClN2. The van der Waals surface area contributed by atoms with E-state index in [0.717, 1.165) is 34.6 Å². The van der Waals surface area contributed by atoms with Gasteiger partial charge in [-0.2, -0.15) is 0 Å². The standard InChI is InChI=1S/C13H15ClN2/c1-9-8-10(6-7-15-2)16-13-11(9)4-3-5-12(13)14/h3-5,8,15H,6-7H2,1-2H3. The largest absolute Gasteiger partial charge is 0.319 e. The summed E-state index contributed by atoms with van der Waals surface area (Å²) in [5.41, 5.74) is 3.24. The molecule has 0 atom stereocenters. The van der Waals surface area contributed by atoms with Crippen LogP contribution in [0.25, 0.3) is 10.9 Å². The van der Waals surface area contributed by atoms with E-state index in [1.54, 1.807) is 0 Å². The fraction of sp³-hybridized carbons (Fsp3) is 0.308. The number of hydrogen-bond acceptors (Lipinski definition) is 2. The van der Waals surface area contributed by atoms with E-state index >= 15 is 0 Å². The topological polar surface area (TPSA) is 24.9 Å². The van der Waals surface area contributed by atoms with Crippen molar-refractivity contribution in [3.63, 3.8) is 0 Å². The molecule has 0 unspecified atom stereocenters. The van der Waals surface area contributed by atoms with Crippen molar-refractivity contribution in [1.29, 1.82) is 0 Å². The first-order valence-electron chi connectivity index (χ1n) is 5.41. The Morgan fingerprint density at radius 3 is 2.94 bits per heavy atom. The lowest BCUT2D eigenvalue weighted by molar-refractivity contribution is 0.778. The van der Waals surface area contributed by atoms with E-state index in [1.807, 2.05) is 19.2 Å². The molecule has 1 aromatic carbocycles. The average Bonchev–Trinajstić information content (AvgIpc) is 2.28. The lowest BCUT2D eigenvalue weighted by atomic mass is 10.1. The Morgan fingerprint density at radius 1 is 1.38 bits per heavy atom. The Morgan fingerprint density at radius 2 is 2.19 bits per heavy atom. The first kappa shape index (κ1) is 11.4. The predicted octanol–water partition coefficient (Wildman–Crippen LogP) is 2.96. The lowest BCUT2D eigenvalue weighted by Gasteiger charge is -2.07. The number of hydrogen-bond donors (Lipinski definition) is 1. The van der Waals surface area contributed by atoms with Crippen LogP contribution >= 0.6 is 11.6 Å². The average molecular weight is 235 g/mol. The van der Waals surface area contributed by atoms with Crippen molar-refractivity contribution in [2.45, 2.75) is 13.3 Å². The number of benzene rings is 1. The minimum absolute atomic E-state index is 0.729.